The quantitative estimate of drug-likeness (QED) is 0.360. The number of hydrazone groups is 1. The summed E-state index contributed by atoms with van der Waals surface area (Å²) in [6.45, 7) is 2.11. The summed E-state index contributed by atoms with van der Waals surface area (Å²) >= 11 is 6.13. The third kappa shape index (κ3) is 4.36. The standard InChI is InChI=1S/C27H23ClN4/c1-19-5-7-20(8-6-19)27-18-26(31-32(27)25-11-9-22(28)10-12-25)21-3-2-4-24(17-21)30-23-13-15-29-16-14-23/h2-17,27H,18H2,1H3,(H,29,30). The molecule has 32 heavy (non-hydrogen) atoms. The maximum absolute atomic E-state index is 6.13. The summed E-state index contributed by atoms with van der Waals surface area (Å²) < 4.78 is 0. The number of nitrogens with one attached hydrogen (secondary N) is 1. The Morgan fingerprint density at radius 2 is 1.62 bits per heavy atom. The van der Waals surface area contributed by atoms with E-state index in [1.807, 2.05) is 36.4 Å². The van der Waals surface area contributed by atoms with Crippen molar-refractivity contribution < 1.29 is 0 Å². The Balaban J connectivity index is 1.48. The van der Waals surface area contributed by atoms with Crippen LogP contribution in [0, 0.1) is 6.92 Å². The first kappa shape index (κ1) is 20.3. The van der Waals surface area contributed by atoms with Crippen molar-refractivity contribution in [1.82, 2.24) is 4.98 Å². The second kappa shape index (κ2) is 8.85. The molecule has 0 radical (unpaired) electrons. The van der Waals surface area contributed by atoms with E-state index in [1.54, 1.807) is 12.4 Å². The average Bonchev–Trinajstić information content (AvgIpc) is 3.26. The SMILES string of the molecule is Cc1ccc(C2CC(c3cccc(Nc4ccncc4)c3)=NN2c2ccc(Cl)cc2)cc1. The lowest BCUT2D eigenvalue weighted by Crippen LogP contribution is -2.18. The number of pyridine rings is 1. The number of aromatic nitrogens is 1. The molecule has 5 rings (SSSR count). The van der Waals surface area contributed by atoms with Crippen LogP contribution in [0.15, 0.2) is 102 Å². The Bertz CT molecular complexity index is 1230. The molecule has 0 saturated heterocycles. The van der Waals surface area contributed by atoms with Crippen molar-refractivity contribution in [3.05, 3.63) is 119 Å². The fraction of sp³-hybridized carbons (Fsp3) is 0.111. The number of aryl methyl sites for hydroxylation is 1. The van der Waals surface area contributed by atoms with Crippen molar-refractivity contribution in [1.29, 1.82) is 0 Å². The van der Waals surface area contributed by atoms with Crippen LogP contribution in [-0.2, 0) is 0 Å². The highest BCUT2D eigenvalue weighted by molar-refractivity contribution is 6.30. The van der Waals surface area contributed by atoms with Gasteiger partial charge >= 0.3 is 0 Å². The fourth-order valence-electron chi connectivity index (χ4n) is 3.94. The van der Waals surface area contributed by atoms with Gasteiger partial charge in [0.05, 0.1) is 17.4 Å². The molecule has 2 heterocycles. The van der Waals surface area contributed by atoms with E-state index in [4.69, 9.17) is 16.7 Å². The Labute approximate surface area is 193 Å². The van der Waals surface area contributed by atoms with Crippen molar-refractivity contribution in [2.75, 3.05) is 10.3 Å². The van der Waals surface area contributed by atoms with Crippen molar-refractivity contribution in [3.8, 4) is 0 Å². The summed E-state index contributed by atoms with van der Waals surface area (Å²) in [5.74, 6) is 0. The molecule has 0 fully saturated rings. The van der Waals surface area contributed by atoms with Gasteiger partial charge in [-0.2, -0.15) is 5.10 Å². The summed E-state index contributed by atoms with van der Waals surface area (Å²) in [5, 5.41) is 11.3. The fourth-order valence-corrected chi connectivity index (χ4v) is 4.07. The van der Waals surface area contributed by atoms with Gasteiger partial charge in [-0.1, -0.05) is 53.6 Å². The van der Waals surface area contributed by atoms with Crippen LogP contribution in [0.4, 0.5) is 17.1 Å². The van der Waals surface area contributed by atoms with Crippen LogP contribution < -0.4 is 10.3 Å². The zero-order chi connectivity index (χ0) is 21.9. The van der Waals surface area contributed by atoms with Gasteiger partial charge in [-0.15, -0.1) is 0 Å². The van der Waals surface area contributed by atoms with Crippen molar-refractivity contribution in [2.24, 2.45) is 5.10 Å². The first-order valence-electron chi connectivity index (χ1n) is 10.6. The maximum Gasteiger partial charge on any atom is 0.0831 e. The molecule has 4 nitrogen and oxygen atoms in total. The number of rotatable bonds is 5. The highest BCUT2D eigenvalue weighted by Gasteiger charge is 2.30. The van der Waals surface area contributed by atoms with Crippen molar-refractivity contribution in [3.63, 3.8) is 0 Å². The molecule has 0 bridgehead atoms. The minimum atomic E-state index is 0.128. The van der Waals surface area contributed by atoms with Gasteiger partial charge in [-0.3, -0.25) is 9.99 Å². The zero-order valence-corrected chi connectivity index (χ0v) is 18.5. The summed E-state index contributed by atoms with van der Waals surface area (Å²) in [4.78, 5) is 4.08. The molecule has 4 aromatic rings. The number of anilines is 3. The van der Waals surface area contributed by atoms with Crippen LogP contribution in [-0.4, -0.2) is 10.7 Å². The summed E-state index contributed by atoms with van der Waals surface area (Å²) in [5.41, 5.74) is 7.72. The molecule has 1 aliphatic heterocycles. The minimum absolute atomic E-state index is 0.128. The van der Waals surface area contributed by atoms with Crippen LogP contribution in [0.2, 0.25) is 5.02 Å². The van der Waals surface area contributed by atoms with Gasteiger partial charge in [0.2, 0.25) is 0 Å². The lowest BCUT2D eigenvalue weighted by molar-refractivity contribution is 0.709. The van der Waals surface area contributed by atoms with Crippen LogP contribution in [0.5, 0.6) is 0 Å². The van der Waals surface area contributed by atoms with E-state index >= 15 is 0 Å². The van der Waals surface area contributed by atoms with E-state index in [1.165, 1.54) is 11.1 Å². The second-order valence-corrected chi connectivity index (χ2v) is 8.38. The third-order valence-electron chi connectivity index (χ3n) is 5.63. The van der Waals surface area contributed by atoms with E-state index in [0.717, 1.165) is 39.8 Å². The molecular formula is C27H23ClN4. The first-order valence-corrected chi connectivity index (χ1v) is 11.0. The van der Waals surface area contributed by atoms with E-state index in [0.29, 0.717) is 0 Å². The normalized spacial score (nSPS) is 15.5. The predicted molar refractivity (Wildman–Crippen MR) is 133 cm³/mol. The molecule has 158 valence electrons. The lowest BCUT2D eigenvalue weighted by atomic mass is 9.97. The Morgan fingerprint density at radius 3 is 2.38 bits per heavy atom. The highest BCUT2D eigenvalue weighted by Crippen LogP contribution is 2.37. The molecule has 1 unspecified atom stereocenters. The first-order chi connectivity index (χ1) is 15.7. The molecule has 1 N–H and O–H groups in total. The monoisotopic (exact) mass is 438 g/mol. The molecule has 1 aliphatic rings. The molecule has 0 spiro atoms. The number of nitrogens with zero attached hydrogens (tertiary/aromatic N) is 3. The van der Waals surface area contributed by atoms with Crippen LogP contribution in [0.25, 0.3) is 0 Å². The number of hydrogen-bond donors (Lipinski definition) is 1. The molecule has 5 heteroatoms. The largest absolute Gasteiger partial charge is 0.355 e. The van der Waals surface area contributed by atoms with Gasteiger partial charge in [-0.25, -0.2) is 0 Å². The molecule has 1 aromatic heterocycles. The molecule has 1 atom stereocenters. The van der Waals surface area contributed by atoms with Crippen molar-refractivity contribution in [2.45, 2.75) is 19.4 Å². The average molecular weight is 439 g/mol. The topological polar surface area (TPSA) is 40.5 Å². The molecule has 0 amide bonds. The zero-order valence-electron chi connectivity index (χ0n) is 17.7. The minimum Gasteiger partial charge on any atom is -0.355 e. The second-order valence-electron chi connectivity index (χ2n) is 7.94. The summed E-state index contributed by atoms with van der Waals surface area (Å²) in [6.07, 6.45) is 4.39. The van der Waals surface area contributed by atoms with Gasteiger partial charge in [0.15, 0.2) is 0 Å². The van der Waals surface area contributed by atoms with Crippen LogP contribution in [0.3, 0.4) is 0 Å². The maximum atomic E-state index is 6.13. The summed E-state index contributed by atoms with van der Waals surface area (Å²) in [7, 11) is 0. The predicted octanol–water partition coefficient (Wildman–Crippen LogP) is 7.14. The van der Waals surface area contributed by atoms with Crippen LogP contribution in [0.1, 0.15) is 29.2 Å². The van der Waals surface area contributed by atoms with Crippen molar-refractivity contribution >= 4 is 34.4 Å². The third-order valence-corrected chi connectivity index (χ3v) is 5.88. The Hall–Kier alpha value is -3.63. The molecule has 3 aromatic carbocycles. The number of hydrogen-bond acceptors (Lipinski definition) is 4. The summed E-state index contributed by atoms with van der Waals surface area (Å²) in [6, 6.07) is 29.0. The highest BCUT2D eigenvalue weighted by atomic mass is 35.5. The van der Waals surface area contributed by atoms with Gasteiger partial charge in [0.25, 0.3) is 0 Å². The van der Waals surface area contributed by atoms with E-state index < -0.39 is 0 Å². The van der Waals surface area contributed by atoms with Gasteiger partial charge in [-0.05, 0) is 66.6 Å². The smallest absolute Gasteiger partial charge is 0.0831 e. The number of halogens is 1. The van der Waals surface area contributed by atoms with Gasteiger partial charge in [0.1, 0.15) is 0 Å². The number of benzene rings is 3. The molecular weight excluding hydrogens is 416 g/mol. The molecule has 0 aliphatic carbocycles. The Morgan fingerprint density at radius 1 is 0.875 bits per heavy atom. The Kier molecular flexibility index (Phi) is 5.61. The van der Waals surface area contributed by atoms with Gasteiger partial charge in [0, 0.05) is 35.2 Å². The molecule has 0 saturated carbocycles. The lowest BCUT2D eigenvalue weighted by Gasteiger charge is -2.24. The van der Waals surface area contributed by atoms with E-state index in [2.05, 4.69) is 70.8 Å². The van der Waals surface area contributed by atoms with E-state index in [9.17, 15) is 0 Å². The van der Waals surface area contributed by atoms with Crippen LogP contribution >= 0.6 is 11.6 Å². The van der Waals surface area contributed by atoms with E-state index in [-0.39, 0.29) is 6.04 Å². The van der Waals surface area contributed by atoms with Gasteiger partial charge < -0.3 is 5.32 Å².